The normalized spacial score (nSPS) is 12.4. The molecule has 3 aromatic rings. The van der Waals surface area contributed by atoms with Crippen molar-refractivity contribution in [3.05, 3.63) is 35.4 Å². The van der Waals surface area contributed by atoms with E-state index in [9.17, 15) is 15.0 Å². The van der Waals surface area contributed by atoms with E-state index in [1.54, 1.807) is 11.7 Å². The number of nitrogens with zero attached hydrogens (tertiary/aromatic N) is 2. The topological polar surface area (TPSA) is 120 Å². The smallest absolute Gasteiger partial charge is 0.200 e. The summed E-state index contributed by atoms with van der Waals surface area (Å²) in [6.07, 6.45) is 0. The summed E-state index contributed by atoms with van der Waals surface area (Å²) in [5.41, 5.74) is 2.65. The van der Waals surface area contributed by atoms with Crippen molar-refractivity contribution < 1.29 is 20.1 Å². The van der Waals surface area contributed by atoms with Gasteiger partial charge in [0.05, 0.1) is 28.8 Å². The molecule has 5 N–H and O–H groups in total. The van der Waals surface area contributed by atoms with Crippen molar-refractivity contribution in [2.75, 3.05) is 31.6 Å². The largest absolute Gasteiger partial charge is 0.507 e. The predicted molar refractivity (Wildman–Crippen MR) is 101 cm³/mol. The minimum Gasteiger partial charge on any atom is -0.507 e. The number of aryl methyl sites for hydroxylation is 1. The molecule has 0 amide bonds. The number of aliphatic hydroxyl groups is 1. The molecular weight excluding hydrogens is 348 g/mol. The van der Waals surface area contributed by atoms with Gasteiger partial charge in [-0.25, -0.2) is 0 Å². The summed E-state index contributed by atoms with van der Waals surface area (Å²) in [6, 6.07) is 6.36. The van der Waals surface area contributed by atoms with E-state index in [0.29, 0.717) is 42.0 Å². The van der Waals surface area contributed by atoms with Gasteiger partial charge in [-0.15, -0.1) is 0 Å². The number of phenols is 2. The third-order valence-corrected chi connectivity index (χ3v) is 4.78. The summed E-state index contributed by atoms with van der Waals surface area (Å²) in [5, 5.41) is 40.9. The number of aromatic hydroxyl groups is 2. The number of phenolic OH excluding ortho intramolecular Hbond substituents is 2. The van der Waals surface area contributed by atoms with Crippen molar-refractivity contribution in [3.63, 3.8) is 0 Å². The van der Waals surface area contributed by atoms with Crippen molar-refractivity contribution in [3.8, 4) is 22.8 Å². The lowest BCUT2D eigenvalue weighted by molar-refractivity contribution is 0.103. The van der Waals surface area contributed by atoms with Gasteiger partial charge < -0.3 is 26.0 Å². The molecule has 1 aliphatic carbocycles. The fourth-order valence-electron chi connectivity index (χ4n) is 3.58. The van der Waals surface area contributed by atoms with Gasteiger partial charge in [-0.2, -0.15) is 5.10 Å². The molecule has 0 aliphatic heterocycles. The number of aliphatic hydroxyl groups excluding tert-OH is 1. The molecule has 1 aliphatic rings. The average molecular weight is 368 g/mol. The molecule has 140 valence electrons. The maximum atomic E-state index is 13.2. The van der Waals surface area contributed by atoms with E-state index >= 15 is 0 Å². The number of hydrogen-bond acceptors (Lipinski definition) is 7. The summed E-state index contributed by atoms with van der Waals surface area (Å²) >= 11 is 0. The second kappa shape index (κ2) is 6.57. The maximum absolute atomic E-state index is 13.2. The van der Waals surface area contributed by atoms with Gasteiger partial charge >= 0.3 is 0 Å². The molecule has 2 aromatic carbocycles. The van der Waals surface area contributed by atoms with Crippen molar-refractivity contribution in [2.24, 2.45) is 7.05 Å². The number of fused-ring (bicyclic) bond motifs is 2. The van der Waals surface area contributed by atoms with E-state index in [0.717, 1.165) is 5.52 Å². The number of aromatic nitrogens is 2. The number of hydrogen-bond donors (Lipinski definition) is 5. The van der Waals surface area contributed by atoms with Crippen LogP contribution in [0.1, 0.15) is 15.9 Å². The molecule has 0 saturated heterocycles. The van der Waals surface area contributed by atoms with Gasteiger partial charge in [-0.05, 0) is 24.3 Å². The van der Waals surface area contributed by atoms with Crippen LogP contribution in [0.2, 0.25) is 0 Å². The number of rotatable bonds is 6. The second-order valence-corrected chi connectivity index (χ2v) is 6.44. The Morgan fingerprint density at radius 3 is 2.48 bits per heavy atom. The van der Waals surface area contributed by atoms with E-state index in [-0.39, 0.29) is 35.0 Å². The molecule has 0 radical (unpaired) electrons. The van der Waals surface area contributed by atoms with Crippen molar-refractivity contribution in [1.82, 2.24) is 15.1 Å². The van der Waals surface area contributed by atoms with Crippen LogP contribution in [-0.4, -0.2) is 57.1 Å². The summed E-state index contributed by atoms with van der Waals surface area (Å²) in [4.78, 5) is 13.2. The van der Waals surface area contributed by atoms with E-state index in [1.165, 1.54) is 12.1 Å². The van der Waals surface area contributed by atoms with Gasteiger partial charge in [0.25, 0.3) is 0 Å². The van der Waals surface area contributed by atoms with Crippen LogP contribution in [0.25, 0.3) is 22.2 Å². The Morgan fingerprint density at radius 1 is 1.00 bits per heavy atom. The van der Waals surface area contributed by atoms with E-state index in [1.807, 2.05) is 12.1 Å². The zero-order valence-electron chi connectivity index (χ0n) is 14.8. The highest BCUT2D eigenvalue weighted by Gasteiger charge is 2.34. The van der Waals surface area contributed by atoms with Gasteiger partial charge in [-0.3, -0.25) is 9.48 Å². The summed E-state index contributed by atoms with van der Waals surface area (Å²) in [5.74, 6) is -0.625. The molecule has 0 saturated carbocycles. The zero-order valence-corrected chi connectivity index (χ0v) is 14.8. The molecule has 8 nitrogen and oxygen atoms in total. The van der Waals surface area contributed by atoms with Crippen molar-refractivity contribution >= 4 is 22.4 Å². The van der Waals surface area contributed by atoms with Crippen LogP contribution in [0.15, 0.2) is 24.3 Å². The minimum atomic E-state index is -0.352. The third-order valence-electron chi connectivity index (χ3n) is 4.78. The average Bonchev–Trinajstić information content (AvgIpc) is 2.98. The fourth-order valence-corrected chi connectivity index (χ4v) is 3.58. The van der Waals surface area contributed by atoms with Crippen LogP contribution in [0.5, 0.6) is 11.5 Å². The fraction of sp³-hybridized carbons (Fsp3) is 0.263. The Bertz CT molecular complexity index is 1060. The number of anilines is 1. The SMILES string of the molecule is Cn1nc2c3c(c(NCCNCCO)ccc31)C(=O)c1c(O)ccc(O)c1-2. The standard InChI is InChI=1S/C19H20N4O4/c1-23-11-3-2-10(21-7-6-20-8-9-24)14-15(11)18(22-23)16-12(25)4-5-13(26)17(16)19(14)27/h2-5,20-21,24-26H,6-9H2,1H3. The van der Waals surface area contributed by atoms with E-state index in [4.69, 9.17) is 5.11 Å². The predicted octanol–water partition coefficient (Wildman–Crippen LogP) is 1.19. The first-order chi connectivity index (χ1) is 13.0. The molecular formula is C19H20N4O4. The number of ketones is 1. The summed E-state index contributed by atoms with van der Waals surface area (Å²) < 4.78 is 1.66. The van der Waals surface area contributed by atoms with Crippen LogP contribution in [-0.2, 0) is 7.05 Å². The Labute approximate surface area is 155 Å². The highest BCUT2D eigenvalue weighted by molar-refractivity contribution is 6.29. The molecule has 27 heavy (non-hydrogen) atoms. The molecule has 8 heteroatoms. The first-order valence-corrected chi connectivity index (χ1v) is 8.69. The van der Waals surface area contributed by atoms with Gasteiger partial charge in [0.2, 0.25) is 0 Å². The van der Waals surface area contributed by atoms with Crippen LogP contribution in [0.4, 0.5) is 5.69 Å². The van der Waals surface area contributed by atoms with Gasteiger partial charge in [0.15, 0.2) is 5.78 Å². The number of benzene rings is 2. The van der Waals surface area contributed by atoms with Crippen LogP contribution < -0.4 is 10.6 Å². The van der Waals surface area contributed by atoms with E-state index < -0.39 is 0 Å². The number of carbonyl (C=O) groups is 1. The lowest BCUT2D eigenvalue weighted by Gasteiger charge is -2.20. The summed E-state index contributed by atoms with van der Waals surface area (Å²) in [6.45, 7) is 1.74. The highest BCUT2D eigenvalue weighted by Crippen LogP contribution is 2.47. The monoisotopic (exact) mass is 368 g/mol. The lowest BCUT2D eigenvalue weighted by atomic mass is 9.85. The second-order valence-electron chi connectivity index (χ2n) is 6.44. The lowest BCUT2D eigenvalue weighted by Crippen LogP contribution is -2.25. The number of nitrogens with one attached hydrogen (secondary N) is 2. The third kappa shape index (κ3) is 2.61. The summed E-state index contributed by atoms with van der Waals surface area (Å²) in [7, 11) is 1.77. The molecule has 1 aromatic heterocycles. The molecule has 0 spiro atoms. The van der Waals surface area contributed by atoms with Crippen LogP contribution in [0, 0.1) is 0 Å². The molecule has 0 atom stereocenters. The van der Waals surface area contributed by atoms with Gasteiger partial charge in [-0.1, -0.05) is 0 Å². The van der Waals surface area contributed by atoms with Crippen LogP contribution in [0.3, 0.4) is 0 Å². The van der Waals surface area contributed by atoms with Gasteiger partial charge in [0, 0.05) is 37.8 Å². The van der Waals surface area contributed by atoms with Crippen LogP contribution >= 0.6 is 0 Å². The zero-order chi connectivity index (χ0) is 19.1. The molecule has 1 heterocycles. The van der Waals surface area contributed by atoms with E-state index in [2.05, 4.69) is 15.7 Å². The number of carbonyl (C=O) groups excluding carboxylic acids is 1. The minimum absolute atomic E-state index is 0.0638. The highest BCUT2D eigenvalue weighted by atomic mass is 16.3. The molecule has 0 bridgehead atoms. The van der Waals surface area contributed by atoms with Gasteiger partial charge in [0.1, 0.15) is 17.2 Å². The molecule has 4 rings (SSSR count). The Hall–Kier alpha value is -3.10. The molecule has 0 fully saturated rings. The van der Waals surface area contributed by atoms with Crippen molar-refractivity contribution in [2.45, 2.75) is 0 Å². The first-order valence-electron chi connectivity index (χ1n) is 8.69. The maximum Gasteiger partial charge on any atom is 0.200 e. The van der Waals surface area contributed by atoms with Crippen molar-refractivity contribution in [1.29, 1.82) is 0 Å². The Kier molecular flexibility index (Phi) is 4.21. The molecule has 0 unspecified atom stereocenters. The Balaban J connectivity index is 1.86. The first kappa shape index (κ1) is 17.3. The quantitative estimate of drug-likeness (QED) is 0.256. The Morgan fingerprint density at radius 2 is 1.74 bits per heavy atom.